The smallest absolute Gasteiger partial charge is 0.236 e. The van der Waals surface area contributed by atoms with E-state index >= 15 is 0 Å². The van der Waals surface area contributed by atoms with E-state index in [-0.39, 0.29) is 11.7 Å². The first-order valence-electron chi connectivity index (χ1n) is 7.39. The lowest BCUT2D eigenvalue weighted by atomic mass is 10.0. The monoisotopic (exact) mass is 270 g/mol. The average molecular weight is 270 g/mol. The molecule has 0 unspecified atom stereocenters. The van der Waals surface area contributed by atoms with Crippen molar-refractivity contribution in [3.05, 3.63) is 0 Å². The number of likely N-dealkylation sites (tertiary alicyclic amines) is 1. The highest BCUT2D eigenvalue weighted by Gasteiger charge is 2.40. The van der Waals surface area contributed by atoms with Gasteiger partial charge in [0.05, 0.1) is 19.8 Å². The molecule has 0 aliphatic carbocycles. The van der Waals surface area contributed by atoms with Gasteiger partial charge in [0.25, 0.3) is 0 Å². The van der Waals surface area contributed by atoms with Crippen molar-refractivity contribution < 1.29 is 14.3 Å². The first-order valence-corrected chi connectivity index (χ1v) is 7.39. The molecule has 5 nitrogen and oxygen atoms in total. The third-order valence-corrected chi connectivity index (χ3v) is 3.99. The van der Waals surface area contributed by atoms with Gasteiger partial charge in [-0.2, -0.15) is 0 Å². The van der Waals surface area contributed by atoms with Gasteiger partial charge in [0.2, 0.25) is 5.91 Å². The van der Waals surface area contributed by atoms with Gasteiger partial charge in [-0.15, -0.1) is 0 Å². The van der Waals surface area contributed by atoms with Crippen LogP contribution in [0.3, 0.4) is 0 Å². The number of unbranched alkanes of at least 4 members (excludes halogenated alkanes) is 1. The molecule has 110 valence electrons. The Hall–Kier alpha value is -0.650. The number of amides is 1. The van der Waals surface area contributed by atoms with Gasteiger partial charge in [0.1, 0.15) is 0 Å². The molecule has 2 saturated heterocycles. The number of carbonyl (C=O) groups excluding carboxylic acids is 1. The topological polar surface area (TPSA) is 42.0 Å². The molecule has 2 heterocycles. The molecule has 0 atom stereocenters. The molecule has 19 heavy (non-hydrogen) atoms. The quantitative estimate of drug-likeness (QED) is 0.750. The van der Waals surface area contributed by atoms with Crippen LogP contribution in [0.15, 0.2) is 0 Å². The Balaban J connectivity index is 1.73. The molecule has 2 fully saturated rings. The molecular formula is C14H26N2O3. The number of hydrogen-bond donors (Lipinski definition) is 0. The highest BCUT2D eigenvalue weighted by molar-refractivity contribution is 5.78. The second-order valence-corrected chi connectivity index (χ2v) is 5.58. The molecule has 2 rings (SSSR count). The summed E-state index contributed by atoms with van der Waals surface area (Å²) in [6.45, 7) is 6.56. The van der Waals surface area contributed by atoms with Crippen LogP contribution in [0, 0.1) is 0 Å². The zero-order chi connectivity index (χ0) is 13.7. The van der Waals surface area contributed by atoms with Crippen LogP contribution in [0.25, 0.3) is 0 Å². The van der Waals surface area contributed by atoms with Crippen molar-refractivity contribution in [1.82, 2.24) is 9.80 Å². The maximum absolute atomic E-state index is 12.2. The number of piperidine rings is 1. The lowest BCUT2D eigenvalue weighted by Gasteiger charge is -2.38. The van der Waals surface area contributed by atoms with Gasteiger partial charge in [-0.25, -0.2) is 0 Å². The Bertz CT molecular complexity index is 293. The zero-order valence-electron chi connectivity index (χ0n) is 12.2. The van der Waals surface area contributed by atoms with Crippen molar-refractivity contribution in [3.63, 3.8) is 0 Å². The number of likely N-dealkylation sites (N-methyl/N-ethyl adjacent to an activating group) is 1. The molecule has 0 bridgehead atoms. The number of rotatable bonds is 5. The lowest BCUT2D eigenvalue weighted by molar-refractivity contribution is -0.187. The first kappa shape index (κ1) is 14.8. The maximum atomic E-state index is 12.2. The summed E-state index contributed by atoms with van der Waals surface area (Å²) in [6, 6.07) is 0. The Morgan fingerprint density at radius 1 is 1.26 bits per heavy atom. The minimum atomic E-state index is -0.384. The number of carbonyl (C=O) groups is 1. The highest BCUT2D eigenvalue weighted by atomic mass is 16.7. The Kier molecular flexibility index (Phi) is 5.19. The minimum Gasteiger partial charge on any atom is -0.347 e. The van der Waals surface area contributed by atoms with Crippen molar-refractivity contribution in [2.75, 3.05) is 46.4 Å². The summed E-state index contributed by atoms with van der Waals surface area (Å²) in [4.78, 5) is 16.2. The summed E-state index contributed by atoms with van der Waals surface area (Å²) in [6.07, 6.45) is 3.92. The van der Waals surface area contributed by atoms with Crippen LogP contribution in [-0.4, -0.2) is 67.9 Å². The molecule has 0 saturated carbocycles. The van der Waals surface area contributed by atoms with Gasteiger partial charge in [0.15, 0.2) is 5.79 Å². The van der Waals surface area contributed by atoms with Crippen LogP contribution < -0.4 is 0 Å². The van der Waals surface area contributed by atoms with Gasteiger partial charge < -0.3 is 14.4 Å². The van der Waals surface area contributed by atoms with E-state index in [0.717, 1.165) is 38.9 Å². The summed E-state index contributed by atoms with van der Waals surface area (Å²) in [7, 11) is 2.02. The van der Waals surface area contributed by atoms with E-state index in [1.165, 1.54) is 6.42 Å². The van der Waals surface area contributed by atoms with Crippen LogP contribution >= 0.6 is 0 Å². The molecule has 1 amide bonds. The lowest BCUT2D eigenvalue weighted by Crippen LogP contribution is -2.49. The third-order valence-electron chi connectivity index (χ3n) is 3.99. The Morgan fingerprint density at radius 2 is 1.89 bits per heavy atom. The number of ether oxygens (including phenoxy) is 2. The maximum Gasteiger partial charge on any atom is 0.236 e. The van der Waals surface area contributed by atoms with E-state index in [2.05, 4.69) is 11.8 Å². The summed E-state index contributed by atoms with van der Waals surface area (Å²) in [5.41, 5.74) is 0. The first-order chi connectivity index (χ1) is 9.15. The van der Waals surface area contributed by atoms with Crippen LogP contribution in [0.4, 0.5) is 0 Å². The largest absolute Gasteiger partial charge is 0.347 e. The Labute approximate surface area is 115 Å². The van der Waals surface area contributed by atoms with Gasteiger partial charge in [-0.05, 0) is 20.0 Å². The van der Waals surface area contributed by atoms with E-state index in [1.807, 2.05) is 11.9 Å². The summed E-state index contributed by atoms with van der Waals surface area (Å²) in [5, 5.41) is 0. The molecule has 5 heteroatoms. The normalized spacial score (nSPS) is 22.4. The summed E-state index contributed by atoms with van der Waals surface area (Å²) in [5.74, 6) is -0.156. The van der Waals surface area contributed by atoms with Gasteiger partial charge in [0, 0.05) is 25.9 Å². The zero-order valence-corrected chi connectivity index (χ0v) is 12.2. The summed E-state index contributed by atoms with van der Waals surface area (Å²) >= 11 is 0. The summed E-state index contributed by atoms with van der Waals surface area (Å²) < 4.78 is 11.3. The van der Waals surface area contributed by atoms with E-state index in [0.29, 0.717) is 19.8 Å². The SMILES string of the molecule is CCCCN(C)CC(=O)N1CCC2(CC1)OCCO2. The van der Waals surface area contributed by atoms with Crippen molar-refractivity contribution in [2.45, 2.75) is 38.4 Å². The molecule has 0 N–H and O–H groups in total. The number of hydrogen-bond acceptors (Lipinski definition) is 4. The average Bonchev–Trinajstić information content (AvgIpc) is 2.85. The third kappa shape index (κ3) is 3.91. The van der Waals surface area contributed by atoms with Crippen molar-refractivity contribution >= 4 is 5.91 Å². The fourth-order valence-electron chi connectivity index (χ4n) is 2.72. The second-order valence-electron chi connectivity index (χ2n) is 5.58. The van der Waals surface area contributed by atoms with Gasteiger partial charge in [-0.3, -0.25) is 9.69 Å². The minimum absolute atomic E-state index is 0.228. The van der Waals surface area contributed by atoms with E-state index in [9.17, 15) is 4.79 Å². The van der Waals surface area contributed by atoms with Gasteiger partial charge >= 0.3 is 0 Å². The van der Waals surface area contributed by atoms with Gasteiger partial charge in [-0.1, -0.05) is 13.3 Å². The standard InChI is InChI=1S/C14H26N2O3/c1-3-4-7-15(2)12-13(17)16-8-5-14(6-9-16)18-10-11-19-14/h3-12H2,1-2H3. The van der Waals surface area contributed by atoms with E-state index in [4.69, 9.17) is 9.47 Å². The molecule has 2 aliphatic rings. The molecule has 0 aromatic rings. The van der Waals surface area contributed by atoms with Crippen LogP contribution in [0.5, 0.6) is 0 Å². The Morgan fingerprint density at radius 3 is 2.47 bits per heavy atom. The molecule has 0 radical (unpaired) electrons. The molecular weight excluding hydrogens is 244 g/mol. The van der Waals surface area contributed by atoms with E-state index < -0.39 is 0 Å². The predicted molar refractivity (Wildman–Crippen MR) is 72.9 cm³/mol. The second kappa shape index (κ2) is 6.68. The van der Waals surface area contributed by atoms with Crippen LogP contribution in [0.1, 0.15) is 32.6 Å². The molecule has 2 aliphatic heterocycles. The van der Waals surface area contributed by atoms with Crippen LogP contribution in [0.2, 0.25) is 0 Å². The fourth-order valence-corrected chi connectivity index (χ4v) is 2.72. The molecule has 0 aromatic carbocycles. The molecule has 0 aromatic heterocycles. The van der Waals surface area contributed by atoms with Crippen molar-refractivity contribution in [3.8, 4) is 0 Å². The predicted octanol–water partition coefficient (Wildman–Crippen LogP) is 1.08. The van der Waals surface area contributed by atoms with Crippen LogP contribution in [-0.2, 0) is 14.3 Å². The highest BCUT2D eigenvalue weighted by Crippen LogP contribution is 2.31. The fraction of sp³-hybridized carbons (Fsp3) is 0.929. The van der Waals surface area contributed by atoms with Crippen molar-refractivity contribution in [2.24, 2.45) is 0 Å². The number of nitrogens with zero attached hydrogens (tertiary/aromatic N) is 2. The molecule has 1 spiro atoms. The van der Waals surface area contributed by atoms with E-state index in [1.54, 1.807) is 0 Å². The van der Waals surface area contributed by atoms with Crippen molar-refractivity contribution in [1.29, 1.82) is 0 Å².